The first-order chi connectivity index (χ1) is 8.79. The van der Waals surface area contributed by atoms with Crippen LogP contribution in [0.2, 0.25) is 5.02 Å². The molecular formula is C11H15ClFN3O2S. The first kappa shape index (κ1) is 14.5. The summed E-state index contributed by atoms with van der Waals surface area (Å²) in [5.41, 5.74) is 5.61. The molecule has 2 rings (SSSR count). The third kappa shape index (κ3) is 3.17. The number of sulfonamides is 1. The Morgan fingerprint density at radius 2 is 2.21 bits per heavy atom. The molecule has 3 N–H and O–H groups in total. The van der Waals surface area contributed by atoms with Crippen molar-refractivity contribution < 1.29 is 12.8 Å². The molecule has 1 heterocycles. The molecule has 1 aliphatic heterocycles. The van der Waals surface area contributed by atoms with Gasteiger partial charge < -0.3 is 10.6 Å². The molecule has 5 nitrogen and oxygen atoms in total. The van der Waals surface area contributed by atoms with Crippen molar-refractivity contribution in [1.29, 1.82) is 0 Å². The highest BCUT2D eigenvalue weighted by atomic mass is 35.5. The van der Waals surface area contributed by atoms with Crippen LogP contribution < -0.4 is 10.5 Å². The molecule has 0 amide bonds. The van der Waals surface area contributed by atoms with Crippen LogP contribution in [0.1, 0.15) is 6.42 Å². The molecule has 1 aliphatic rings. The Hall–Kier alpha value is -0.890. The number of nitrogen functional groups attached to an aromatic ring is 1. The van der Waals surface area contributed by atoms with Crippen molar-refractivity contribution in [3.8, 4) is 0 Å². The van der Waals surface area contributed by atoms with Crippen LogP contribution in [-0.4, -0.2) is 39.5 Å². The second kappa shape index (κ2) is 5.24. The Labute approximate surface area is 116 Å². The molecule has 8 heteroatoms. The number of anilines is 1. The number of benzene rings is 1. The minimum absolute atomic E-state index is 0.107. The van der Waals surface area contributed by atoms with E-state index in [9.17, 15) is 12.8 Å². The highest BCUT2D eigenvalue weighted by Gasteiger charge is 2.28. The van der Waals surface area contributed by atoms with Gasteiger partial charge in [0.1, 0.15) is 4.90 Å². The highest BCUT2D eigenvalue weighted by Crippen LogP contribution is 2.26. The Balaban J connectivity index is 2.29. The molecule has 106 valence electrons. The summed E-state index contributed by atoms with van der Waals surface area (Å²) in [6, 6.07) is 2.02. The summed E-state index contributed by atoms with van der Waals surface area (Å²) in [6.45, 7) is 1.39. The SMILES string of the molecule is CN1CCC(NS(=O)(=O)c2cc(N)cc(Cl)c2F)C1. The van der Waals surface area contributed by atoms with Gasteiger partial charge in [-0.25, -0.2) is 17.5 Å². The molecule has 0 spiro atoms. The van der Waals surface area contributed by atoms with Crippen molar-refractivity contribution in [1.82, 2.24) is 9.62 Å². The largest absolute Gasteiger partial charge is 0.399 e. The lowest BCUT2D eigenvalue weighted by Gasteiger charge is -2.14. The monoisotopic (exact) mass is 307 g/mol. The van der Waals surface area contributed by atoms with Crippen molar-refractivity contribution in [2.45, 2.75) is 17.4 Å². The lowest BCUT2D eigenvalue weighted by atomic mass is 10.3. The number of rotatable bonds is 3. The smallest absolute Gasteiger partial charge is 0.243 e. The van der Waals surface area contributed by atoms with Gasteiger partial charge in [0.2, 0.25) is 10.0 Å². The molecule has 19 heavy (non-hydrogen) atoms. The standard InChI is InChI=1S/C11H15ClFN3O2S/c1-16-3-2-8(6-16)15-19(17,18)10-5-7(14)4-9(12)11(10)13/h4-5,8,15H,2-3,6,14H2,1H3. The minimum Gasteiger partial charge on any atom is -0.399 e. The summed E-state index contributed by atoms with van der Waals surface area (Å²) in [7, 11) is -2.06. The first-order valence-electron chi connectivity index (χ1n) is 5.75. The summed E-state index contributed by atoms with van der Waals surface area (Å²) >= 11 is 5.61. The molecule has 1 aromatic rings. The van der Waals surface area contributed by atoms with E-state index in [-0.39, 0.29) is 16.8 Å². The topological polar surface area (TPSA) is 75.4 Å². The molecule has 0 aromatic heterocycles. The Morgan fingerprint density at radius 3 is 2.79 bits per heavy atom. The molecule has 0 saturated carbocycles. The minimum atomic E-state index is -3.96. The number of hydrogen-bond donors (Lipinski definition) is 2. The van der Waals surface area contributed by atoms with Crippen molar-refractivity contribution in [2.24, 2.45) is 0 Å². The third-order valence-electron chi connectivity index (χ3n) is 3.02. The number of nitrogens with zero attached hydrogens (tertiary/aromatic N) is 1. The van der Waals surface area contributed by atoms with E-state index in [2.05, 4.69) is 4.72 Å². The summed E-state index contributed by atoms with van der Waals surface area (Å²) in [4.78, 5) is 1.49. The fraction of sp³-hybridized carbons (Fsp3) is 0.455. The average molecular weight is 308 g/mol. The van der Waals surface area contributed by atoms with Crippen LogP contribution in [0.15, 0.2) is 17.0 Å². The fourth-order valence-electron chi connectivity index (χ4n) is 2.09. The maximum atomic E-state index is 13.8. The van der Waals surface area contributed by atoms with Gasteiger partial charge in [-0.05, 0) is 32.1 Å². The van der Waals surface area contributed by atoms with E-state index in [1.165, 1.54) is 6.07 Å². The van der Waals surface area contributed by atoms with Crippen molar-refractivity contribution in [3.05, 3.63) is 23.0 Å². The van der Waals surface area contributed by atoms with E-state index in [0.717, 1.165) is 12.6 Å². The van der Waals surface area contributed by atoms with Gasteiger partial charge in [-0.1, -0.05) is 11.6 Å². The van der Waals surface area contributed by atoms with Gasteiger partial charge in [-0.15, -0.1) is 0 Å². The number of nitrogens with one attached hydrogen (secondary N) is 1. The van der Waals surface area contributed by atoms with Gasteiger partial charge in [0.05, 0.1) is 5.02 Å². The highest BCUT2D eigenvalue weighted by molar-refractivity contribution is 7.89. The second-order valence-electron chi connectivity index (χ2n) is 4.68. The molecule has 1 unspecified atom stereocenters. The molecule has 1 saturated heterocycles. The zero-order valence-corrected chi connectivity index (χ0v) is 11.9. The first-order valence-corrected chi connectivity index (χ1v) is 7.61. The molecule has 1 aromatic carbocycles. The fourth-order valence-corrected chi connectivity index (χ4v) is 3.77. The number of nitrogens with two attached hydrogens (primary N) is 1. The van der Waals surface area contributed by atoms with Crippen LogP contribution in [0.25, 0.3) is 0 Å². The Bertz CT molecular complexity index is 594. The van der Waals surface area contributed by atoms with E-state index in [4.69, 9.17) is 17.3 Å². The number of likely N-dealkylation sites (tertiary alicyclic amines) is 1. The predicted molar refractivity (Wildman–Crippen MR) is 72.0 cm³/mol. The molecule has 0 radical (unpaired) electrons. The average Bonchev–Trinajstić information content (AvgIpc) is 2.68. The van der Waals surface area contributed by atoms with E-state index >= 15 is 0 Å². The van der Waals surface area contributed by atoms with Crippen LogP contribution in [-0.2, 0) is 10.0 Å². The van der Waals surface area contributed by atoms with Crippen LogP contribution in [0.3, 0.4) is 0 Å². The summed E-state index contributed by atoms with van der Waals surface area (Å²) < 4.78 is 40.6. The van der Waals surface area contributed by atoms with Gasteiger partial charge in [-0.3, -0.25) is 0 Å². The van der Waals surface area contributed by atoms with Crippen LogP contribution in [0.4, 0.5) is 10.1 Å². The summed E-state index contributed by atoms with van der Waals surface area (Å²) in [5, 5.41) is -0.302. The Morgan fingerprint density at radius 1 is 1.53 bits per heavy atom. The molecule has 1 atom stereocenters. The third-order valence-corrected chi connectivity index (χ3v) is 4.81. The molecule has 0 bridgehead atoms. The van der Waals surface area contributed by atoms with Crippen molar-refractivity contribution in [2.75, 3.05) is 25.9 Å². The van der Waals surface area contributed by atoms with Gasteiger partial charge in [0.25, 0.3) is 0 Å². The lowest BCUT2D eigenvalue weighted by Crippen LogP contribution is -2.36. The Kier molecular flexibility index (Phi) is 4.00. The van der Waals surface area contributed by atoms with Gasteiger partial charge in [-0.2, -0.15) is 0 Å². The van der Waals surface area contributed by atoms with Crippen molar-refractivity contribution in [3.63, 3.8) is 0 Å². The molecular weight excluding hydrogens is 293 g/mol. The molecule has 1 fully saturated rings. The lowest BCUT2D eigenvalue weighted by molar-refractivity contribution is 0.407. The number of hydrogen-bond acceptors (Lipinski definition) is 4. The second-order valence-corrected chi connectivity index (χ2v) is 6.77. The zero-order chi connectivity index (χ0) is 14.2. The van der Waals surface area contributed by atoms with E-state index in [1.807, 2.05) is 11.9 Å². The zero-order valence-electron chi connectivity index (χ0n) is 10.4. The summed E-state index contributed by atoms with van der Waals surface area (Å²) in [6.07, 6.45) is 0.688. The van der Waals surface area contributed by atoms with Gasteiger partial charge in [0.15, 0.2) is 5.82 Å². The van der Waals surface area contributed by atoms with Crippen molar-refractivity contribution >= 4 is 27.3 Å². The maximum absolute atomic E-state index is 13.8. The maximum Gasteiger partial charge on any atom is 0.243 e. The van der Waals surface area contributed by atoms with Gasteiger partial charge >= 0.3 is 0 Å². The van der Waals surface area contributed by atoms with E-state index in [1.54, 1.807) is 0 Å². The molecule has 0 aliphatic carbocycles. The summed E-state index contributed by atoms with van der Waals surface area (Å²) in [5.74, 6) is -0.977. The van der Waals surface area contributed by atoms with Gasteiger partial charge in [0, 0.05) is 18.3 Å². The van der Waals surface area contributed by atoms with E-state index in [0.29, 0.717) is 13.0 Å². The van der Waals surface area contributed by atoms with Crippen LogP contribution >= 0.6 is 11.6 Å². The van der Waals surface area contributed by atoms with Crippen LogP contribution in [0, 0.1) is 5.82 Å². The normalized spacial score (nSPS) is 20.9. The number of likely N-dealkylation sites (N-methyl/N-ethyl adjacent to an activating group) is 1. The quantitative estimate of drug-likeness (QED) is 0.818. The van der Waals surface area contributed by atoms with Crippen LogP contribution in [0.5, 0.6) is 0 Å². The predicted octanol–water partition coefficient (Wildman–Crippen LogP) is 1.04. The number of halogens is 2. The van der Waals surface area contributed by atoms with E-state index < -0.39 is 20.7 Å².